The van der Waals surface area contributed by atoms with Crippen LogP contribution in [0.1, 0.15) is 27.4 Å². The highest BCUT2D eigenvalue weighted by atomic mass is 16.5. The first kappa shape index (κ1) is 21.8. The molecule has 10 heteroatoms. The second-order valence-electron chi connectivity index (χ2n) is 8.88. The molecule has 1 amide bonds. The highest BCUT2D eigenvalue weighted by Gasteiger charge is 2.23. The Labute approximate surface area is 201 Å². The summed E-state index contributed by atoms with van der Waals surface area (Å²) in [6, 6.07) is 10.5. The maximum Gasteiger partial charge on any atom is 0.277 e. The summed E-state index contributed by atoms with van der Waals surface area (Å²) in [5, 5.41) is 9.95. The number of H-pyrrole nitrogens is 1. The molecule has 2 aliphatic heterocycles. The number of furan rings is 1. The van der Waals surface area contributed by atoms with E-state index in [4.69, 9.17) is 14.4 Å². The number of aromatic nitrogens is 3. The van der Waals surface area contributed by atoms with Gasteiger partial charge in [-0.3, -0.25) is 14.9 Å². The summed E-state index contributed by atoms with van der Waals surface area (Å²) in [6.45, 7) is 5.61. The van der Waals surface area contributed by atoms with Crippen molar-refractivity contribution >= 4 is 22.8 Å². The van der Waals surface area contributed by atoms with Crippen molar-refractivity contribution in [3.8, 4) is 11.3 Å². The number of carbonyl (C=O) groups excluding carboxylic acids is 1. The molecule has 0 radical (unpaired) electrons. The molecular weight excluding hydrogens is 448 g/mol. The number of anilines is 1. The number of hydrogen-bond acceptors (Lipinski definition) is 8. The molecule has 0 aliphatic carbocycles. The Morgan fingerprint density at radius 2 is 1.94 bits per heavy atom. The zero-order chi connectivity index (χ0) is 23.8. The summed E-state index contributed by atoms with van der Waals surface area (Å²) in [4.78, 5) is 28.2. The predicted molar refractivity (Wildman–Crippen MR) is 128 cm³/mol. The van der Waals surface area contributed by atoms with E-state index in [9.17, 15) is 4.79 Å². The van der Waals surface area contributed by atoms with Crippen LogP contribution in [0.4, 0.5) is 5.95 Å². The van der Waals surface area contributed by atoms with E-state index in [1.807, 2.05) is 6.07 Å². The SMILES string of the molecule is O=C(NO)c1cnc(N2CCc3[nH]c4ccc(-c5ccc(CN6CCOCC6)o5)cc4c3C2)nc1. The van der Waals surface area contributed by atoms with Gasteiger partial charge >= 0.3 is 0 Å². The molecule has 4 aromatic rings. The Morgan fingerprint density at radius 1 is 1.11 bits per heavy atom. The molecule has 0 atom stereocenters. The van der Waals surface area contributed by atoms with Crippen LogP contribution in [0.25, 0.3) is 22.2 Å². The largest absolute Gasteiger partial charge is 0.460 e. The fraction of sp³-hybridized carbons (Fsp3) is 0.320. The standard InChI is InChI=1S/C25H26N6O4/c32-24(29-33)17-12-26-25(27-13-17)31-6-5-22-20(15-31)19-11-16(1-3-21(19)28-22)23-4-2-18(35-23)14-30-7-9-34-10-8-30/h1-4,11-13,28,33H,5-10,14-15H2,(H,29,32). The average molecular weight is 475 g/mol. The van der Waals surface area contributed by atoms with Crippen molar-refractivity contribution in [3.63, 3.8) is 0 Å². The minimum Gasteiger partial charge on any atom is -0.460 e. The van der Waals surface area contributed by atoms with Gasteiger partial charge in [-0.05, 0) is 30.3 Å². The van der Waals surface area contributed by atoms with Gasteiger partial charge in [-0.1, -0.05) is 0 Å². The van der Waals surface area contributed by atoms with Gasteiger partial charge in [0, 0.05) is 72.7 Å². The Balaban J connectivity index is 1.24. The number of benzene rings is 1. The second kappa shape index (κ2) is 9.14. The lowest BCUT2D eigenvalue weighted by Crippen LogP contribution is -2.35. The van der Waals surface area contributed by atoms with Crippen LogP contribution in [0.3, 0.4) is 0 Å². The van der Waals surface area contributed by atoms with E-state index in [-0.39, 0.29) is 5.56 Å². The van der Waals surface area contributed by atoms with Gasteiger partial charge in [0.25, 0.3) is 5.91 Å². The van der Waals surface area contributed by atoms with Gasteiger partial charge in [-0.15, -0.1) is 0 Å². The molecule has 1 fully saturated rings. The molecule has 1 aromatic carbocycles. The number of hydrogen-bond donors (Lipinski definition) is 3. The van der Waals surface area contributed by atoms with Crippen LogP contribution in [0.2, 0.25) is 0 Å². The molecule has 3 aromatic heterocycles. The first-order valence-electron chi connectivity index (χ1n) is 11.7. The lowest BCUT2D eigenvalue weighted by molar-refractivity contribution is 0.0314. The van der Waals surface area contributed by atoms with Crippen LogP contribution < -0.4 is 10.4 Å². The van der Waals surface area contributed by atoms with Crippen molar-refractivity contribution in [1.82, 2.24) is 25.3 Å². The molecule has 0 unspecified atom stereocenters. The number of nitrogens with one attached hydrogen (secondary N) is 2. The summed E-state index contributed by atoms with van der Waals surface area (Å²) in [5.74, 6) is 1.74. The molecule has 35 heavy (non-hydrogen) atoms. The van der Waals surface area contributed by atoms with Crippen LogP contribution in [0, 0.1) is 0 Å². The maximum atomic E-state index is 11.6. The van der Waals surface area contributed by atoms with E-state index in [1.54, 1.807) is 5.48 Å². The molecule has 0 saturated carbocycles. The van der Waals surface area contributed by atoms with Crippen molar-refractivity contribution in [2.45, 2.75) is 19.5 Å². The lowest BCUT2D eigenvalue weighted by Gasteiger charge is -2.27. The number of aromatic amines is 1. The summed E-state index contributed by atoms with van der Waals surface area (Å²) in [5.41, 5.74) is 6.38. The third-order valence-corrected chi connectivity index (χ3v) is 6.69. The maximum absolute atomic E-state index is 11.6. The normalized spacial score (nSPS) is 16.4. The Bertz CT molecular complexity index is 1360. The number of hydroxylamine groups is 1. The minimum atomic E-state index is -0.632. The van der Waals surface area contributed by atoms with Crippen molar-refractivity contribution < 1.29 is 19.2 Å². The number of fused-ring (bicyclic) bond motifs is 3. The first-order valence-corrected chi connectivity index (χ1v) is 11.7. The smallest absolute Gasteiger partial charge is 0.277 e. The Kier molecular flexibility index (Phi) is 5.69. The molecule has 2 aliphatic rings. The molecule has 0 spiro atoms. The lowest BCUT2D eigenvalue weighted by atomic mass is 10.0. The molecule has 5 heterocycles. The fourth-order valence-electron chi connectivity index (χ4n) is 4.80. The quantitative estimate of drug-likeness (QED) is 0.298. The fourth-order valence-corrected chi connectivity index (χ4v) is 4.80. The highest BCUT2D eigenvalue weighted by molar-refractivity contribution is 5.92. The van der Waals surface area contributed by atoms with Crippen LogP contribution in [0.15, 0.2) is 47.1 Å². The predicted octanol–water partition coefficient (Wildman–Crippen LogP) is 2.73. The van der Waals surface area contributed by atoms with Crippen molar-refractivity contribution in [2.75, 3.05) is 37.7 Å². The van der Waals surface area contributed by atoms with Crippen LogP contribution in [-0.4, -0.2) is 63.8 Å². The highest BCUT2D eigenvalue weighted by Crippen LogP contribution is 2.33. The van der Waals surface area contributed by atoms with Crippen LogP contribution >= 0.6 is 0 Å². The second-order valence-corrected chi connectivity index (χ2v) is 8.88. The van der Waals surface area contributed by atoms with E-state index >= 15 is 0 Å². The molecule has 10 nitrogen and oxygen atoms in total. The number of ether oxygens (including phenoxy) is 1. The first-order chi connectivity index (χ1) is 17.2. The molecule has 0 bridgehead atoms. The van der Waals surface area contributed by atoms with Gasteiger partial charge < -0.3 is 19.0 Å². The summed E-state index contributed by atoms with van der Waals surface area (Å²) < 4.78 is 11.6. The molecule has 180 valence electrons. The van der Waals surface area contributed by atoms with Gasteiger partial charge in [-0.2, -0.15) is 0 Å². The number of amides is 1. The van der Waals surface area contributed by atoms with E-state index in [1.165, 1.54) is 23.7 Å². The van der Waals surface area contributed by atoms with E-state index in [0.717, 1.165) is 73.8 Å². The van der Waals surface area contributed by atoms with E-state index in [2.05, 4.69) is 49.0 Å². The molecule has 6 rings (SSSR count). The van der Waals surface area contributed by atoms with Gasteiger partial charge in [0.15, 0.2) is 0 Å². The topological polar surface area (TPSA) is 120 Å². The van der Waals surface area contributed by atoms with Gasteiger partial charge in [-0.25, -0.2) is 15.4 Å². The van der Waals surface area contributed by atoms with E-state index < -0.39 is 5.91 Å². The molecule has 3 N–H and O–H groups in total. The monoisotopic (exact) mass is 474 g/mol. The molecular formula is C25H26N6O4. The van der Waals surface area contributed by atoms with Crippen LogP contribution in [-0.2, 0) is 24.2 Å². The minimum absolute atomic E-state index is 0.206. The molecule has 1 saturated heterocycles. The average Bonchev–Trinajstić information content (AvgIpc) is 3.52. The van der Waals surface area contributed by atoms with Crippen LogP contribution in [0.5, 0.6) is 0 Å². The van der Waals surface area contributed by atoms with Crippen molar-refractivity contribution in [2.24, 2.45) is 0 Å². The Morgan fingerprint density at radius 3 is 2.74 bits per heavy atom. The zero-order valence-electron chi connectivity index (χ0n) is 19.2. The Hall–Kier alpha value is -3.73. The summed E-state index contributed by atoms with van der Waals surface area (Å²) in [7, 11) is 0. The third-order valence-electron chi connectivity index (χ3n) is 6.69. The third kappa shape index (κ3) is 4.27. The van der Waals surface area contributed by atoms with Crippen molar-refractivity contribution in [3.05, 3.63) is 65.3 Å². The van der Waals surface area contributed by atoms with Gasteiger partial charge in [0.05, 0.1) is 25.3 Å². The van der Waals surface area contributed by atoms with Gasteiger partial charge in [0.1, 0.15) is 11.5 Å². The van der Waals surface area contributed by atoms with E-state index in [0.29, 0.717) is 12.5 Å². The number of rotatable bonds is 5. The zero-order valence-corrected chi connectivity index (χ0v) is 19.2. The number of morpholine rings is 1. The summed E-state index contributed by atoms with van der Waals surface area (Å²) in [6.07, 6.45) is 3.68. The summed E-state index contributed by atoms with van der Waals surface area (Å²) >= 11 is 0. The van der Waals surface area contributed by atoms with Gasteiger partial charge in [0.2, 0.25) is 5.95 Å². The number of nitrogens with zero attached hydrogens (tertiary/aromatic N) is 4. The van der Waals surface area contributed by atoms with Crippen molar-refractivity contribution in [1.29, 1.82) is 0 Å². The number of carbonyl (C=O) groups is 1.